The number of carbonyl (C=O) groups excluding carboxylic acids is 3. The van der Waals surface area contributed by atoms with Gasteiger partial charge in [-0.25, -0.2) is 13.6 Å². The molecule has 0 aromatic carbocycles. The highest BCUT2D eigenvalue weighted by molar-refractivity contribution is 8.14. The average molecular weight is 630 g/mol. The number of fused-ring (bicyclic) bond motifs is 5. The number of nitrogens with zero attached hydrogens (tertiary/aromatic N) is 1. The van der Waals surface area contributed by atoms with Crippen LogP contribution in [-0.4, -0.2) is 75.8 Å². The maximum atomic E-state index is 17.7. The SMILES string of the molecule is CCN(CC)CC#CCSC(=O)[C@@]1(OC(=O)c2ccco2)[C@H](C)C[C@H]2[C@@H]3C[C@H](F)C4=CC(=O)C=C[C@]4(C)[C@@]3(F)[C@@H](O)C[C@@]21C. The molecule has 7 nitrogen and oxygen atoms in total. The van der Waals surface area contributed by atoms with Crippen LogP contribution in [0.2, 0.25) is 0 Å². The summed E-state index contributed by atoms with van der Waals surface area (Å²) < 4.78 is 45.0. The number of carbonyl (C=O) groups is 3. The fraction of sp³-hybridized carbons (Fsp3) is 0.618. The van der Waals surface area contributed by atoms with Crippen molar-refractivity contribution in [3.63, 3.8) is 0 Å². The molecule has 238 valence electrons. The standard InChI is InChI=1S/C34H41F2NO6S/c1-6-37(7-2)14-8-9-16-44-30(41)34(43-29(40)27-11-10-15-42-27)21(3)17-23-24-19-26(35)25-18-22(38)12-13-31(25,4)33(24,36)28(39)20-32(23,34)5/h10-13,15,18,21,23-24,26,28,39H,6-7,14,16-17,19-20H2,1-5H3/t21-,23+,24+,26+,28+,31+,32+,33+,34+/m1/s1. The van der Waals surface area contributed by atoms with Crippen molar-refractivity contribution in [3.05, 3.63) is 48.0 Å². The maximum absolute atomic E-state index is 17.7. The number of hydrogen-bond donors (Lipinski definition) is 1. The van der Waals surface area contributed by atoms with Crippen molar-refractivity contribution in [1.29, 1.82) is 0 Å². The molecule has 1 aromatic heterocycles. The van der Waals surface area contributed by atoms with Crippen LogP contribution in [0.15, 0.2) is 46.6 Å². The Balaban J connectivity index is 1.54. The summed E-state index contributed by atoms with van der Waals surface area (Å²) in [6.45, 7) is 11.4. The zero-order valence-electron chi connectivity index (χ0n) is 25.9. The van der Waals surface area contributed by atoms with Crippen LogP contribution in [0.5, 0.6) is 0 Å². The van der Waals surface area contributed by atoms with E-state index in [-0.39, 0.29) is 36.3 Å². The largest absolute Gasteiger partial charge is 0.457 e. The first-order valence-electron chi connectivity index (χ1n) is 15.4. The lowest BCUT2D eigenvalue weighted by molar-refractivity contribution is -0.221. The molecule has 1 N–H and O–H groups in total. The minimum atomic E-state index is -2.31. The smallest absolute Gasteiger partial charge is 0.375 e. The number of ketones is 1. The van der Waals surface area contributed by atoms with Gasteiger partial charge in [0, 0.05) is 22.7 Å². The van der Waals surface area contributed by atoms with Gasteiger partial charge in [-0.05, 0) is 75.1 Å². The van der Waals surface area contributed by atoms with Gasteiger partial charge in [0.05, 0.1) is 24.7 Å². The topological polar surface area (TPSA) is 97.0 Å². The summed E-state index contributed by atoms with van der Waals surface area (Å²) in [5.74, 6) is 2.73. The first-order chi connectivity index (χ1) is 20.8. The lowest BCUT2D eigenvalue weighted by atomic mass is 9.44. The molecule has 3 fully saturated rings. The zero-order valence-corrected chi connectivity index (χ0v) is 26.7. The van der Waals surface area contributed by atoms with Gasteiger partial charge in [-0.2, -0.15) is 0 Å². The third-order valence-corrected chi connectivity index (χ3v) is 11.9. The van der Waals surface area contributed by atoms with Crippen LogP contribution < -0.4 is 0 Å². The molecule has 0 unspecified atom stereocenters. The van der Waals surface area contributed by atoms with E-state index in [0.717, 1.165) is 30.9 Å². The van der Waals surface area contributed by atoms with Gasteiger partial charge in [-0.1, -0.05) is 57.4 Å². The number of rotatable bonds is 7. The van der Waals surface area contributed by atoms with Gasteiger partial charge in [-0.15, -0.1) is 0 Å². The molecular formula is C34H41F2NO6S. The van der Waals surface area contributed by atoms with E-state index in [1.54, 1.807) is 13.8 Å². The summed E-state index contributed by atoms with van der Waals surface area (Å²) in [6, 6.07) is 2.97. The van der Waals surface area contributed by atoms with E-state index in [2.05, 4.69) is 16.7 Å². The van der Waals surface area contributed by atoms with E-state index in [0.29, 0.717) is 6.54 Å². The highest BCUT2D eigenvalue weighted by Gasteiger charge is 2.78. The average Bonchev–Trinajstić information content (AvgIpc) is 3.60. The van der Waals surface area contributed by atoms with E-state index < -0.39 is 69.0 Å². The number of ether oxygens (including phenoxy) is 1. The zero-order chi connectivity index (χ0) is 32.1. The number of allylic oxidation sites excluding steroid dienone is 4. The molecule has 9 atom stereocenters. The number of aliphatic hydroxyl groups excluding tert-OH is 1. The van der Waals surface area contributed by atoms with E-state index in [1.807, 2.05) is 13.8 Å². The minimum Gasteiger partial charge on any atom is -0.457 e. The van der Waals surface area contributed by atoms with Gasteiger partial charge >= 0.3 is 5.97 Å². The van der Waals surface area contributed by atoms with E-state index in [9.17, 15) is 19.5 Å². The summed E-state index contributed by atoms with van der Waals surface area (Å²) in [7, 11) is 0. The van der Waals surface area contributed by atoms with Crippen molar-refractivity contribution in [2.24, 2.45) is 28.6 Å². The number of furan rings is 1. The fourth-order valence-electron chi connectivity index (χ4n) is 8.68. The molecule has 0 radical (unpaired) electrons. The monoisotopic (exact) mass is 629 g/mol. The van der Waals surface area contributed by atoms with Crippen LogP contribution in [0.25, 0.3) is 0 Å². The van der Waals surface area contributed by atoms with E-state index in [4.69, 9.17) is 9.15 Å². The highest BCUT2D eigenvalue weighted by atomic mass is 32.2. The van der Waals surface area contributed by atoms with Crippen LogP contribution in [0, 0.1) is 40.4 Å². The second kappa shape index (κ2) is 11.9. The predicted octanol–water partition coefficient (Wildman–Crippen LogP) is 5.35. The Morgan fingerprint density at radius 2 is 1.93 bits per heavy atom. The molecule has 1 heterocycles. The molecule has 0 amide bonds. The molecule has 0 spiro atoms. The first-order valence-corrected chi connectivity index (χ1v) is 16.4. The Bertz CT molecular complexity index is 1430. The maximum Gasteiger partial charge on any atom is 0.375 e. The summed E-state index contributed by atoms with van der Waals surface area (Å²) in [6.07, 6.45) is 1.65. The highest BCUT2D eigenvalue weighted by Crippen LogP contribution is 2.72. The Kier molecular flexibility index (Phi) is 8.82. The van der Waals surface area contributed by atoms with Crippen molar-refractivity contribution < 1.29 is 37.4 Å². The van der Waals surface area contributed by atoms with E-state index in [1.165, 1.54) is 37.5 Å². The van der Waals surface area contributed by atoms with Gasteiger partial charge in [0.25, 0.3) is 0 Å². The Hall–Kier alpha value is -2.74. The molecule has 3 saturated carbocycles. The number of halogens is 2. The molecule has 1 aromatic rings. The van der Waals surface area contributed by atoms with Crippen LogP contribution in [-0.2, 0) is 14.3 Å². The molecule has 44 heavy (non-hydrogen) atoms. The van der Waals surface area contributed by atoms with Gasteiger partial charge in [0.1, 0.15) is 6.17 Å². The molecular weight excluding hydrogens is 588 g/mol. The molecule has 0 bridgehead atoms. The number of esters is 1. The molecule has 0 aliphatic heterocycles. The minimum absolute atomic E-state index is 0.0304. The molecule has 4 aliphatic rings. The Labute approximate surface area is 261 Å². The number of hydrogen-bond acceptors (Lipinski definition) is 8. The second-order valence-corrected chi connectivity index (χ2v) is 13.9. The van der Waals surface area contributed by atoms with Gasteiger partial charge < -0.3 is 14.3 Å². The summed E-state index contributed by atoms with van der Waals surface area (Å²) in [4.78, 5) is 42.1. The van der Waals surface area contributed by atoms with Crippen molar-refractivity contribution in [2.45, 2.75) is 77.4 Å². The van der Waals surface area contributed by atoms with Crippen LogP contribution in [0.3, 0.4) is 0 Å². The second-order valence-electron chi connectivity index (χ2n) is 13.0. The molecule has 5 rings (SSSR count). The predicted molar refractivity (Wildman–Crippen MR) is 163 cm³/mol. The third kappa shape index (κ3) is 4.73. The molecule has 10 heteroatoms. The summed E-state index contributed by atoms with van der Waals surface area (Å²) >= 11 is 0.938. The van der Waals surface area contributed by atoms with Crippen LogP contribution in [0.1, 0.15) is 64.4 Å². The number of aliphatic hydroxyl groups is 1. The van der Waals surface area contributed by atoms with Crippen molar-refractivity contribution in [2.75, 3.05) is 25.4 Å². The normalized spacial score (nSPS) is 39.1. The van der Waals surface area contributed by atoms with Crippen LogP contribution >= 0.6 is 11.8 Å². The lowest BCUT2D eigenvalue weighted by Crippen LogP contribution is -2.70. The van der Waals surface area contributed by atoms with Crippen molar-refractivity contribution in [3.8, 4) is 11.8 Å². The van der Waals surface area contributed by atoms with Crippen LogP contribution in [0.4, 0.5) is 8.78 Å². The molecule has 0 saturated heterocycles. The van der Waals surface area contributed by atoms with Gasteiger partial charge in [0.15, 0.2) is 17.1 Å². The van der Waals surface area contributed by atoms with E-state index >= 15 is 8.78 Å². The summed E-state index contributed by atoms with van der Waals surface area (Å²) in [5.41, 5.74) is -6.84. The number of thioether (sulfide) groups is 1. The Morgan fingerprint density at radius 3 is 2.59 bits per heavy atom. The molecule has 4 aliphatic carbocycles. The summed E-state index contributed by atoms with van der Waals surface area (Å²) in [5, 5.41) is 11.3. The first kappa shape index (κ1) is 32.6. The quantitative estimate of drug-likeness (QED) is 0.319. The third-order valence-electron chi connectivity index (χ3n) is 11.0. The van der Waals surface area contributed by atoms with Crippen molar-refractivity contribution in [1.82, 2.24) is 4.90 Å². The van der Waals surface area contributed by atoms with Gasteiger partial charge in [-0.3, -0.25) is 14.5 Å². The fourth-order valence-corrected chi connectivity index (χ4v) is 9.68. The lowest BCUT2D eigenvalue weighted by Gasteiger charge is -2.63. The van der Waals surface area contributed by atoms with Crippen molar-refractivity contribution >= 4 is 28.6 Å². The number of alkyl halides is 2. The van der Waals surface area contributed by atoms with Gasteiger partial charge in [0.2, 0.25) is 10.9 Å². The Morgan fingerprint density at radius 1 is 1.20 bits per heavy atom.